The highest BCUT2D eigenvalue weighted by molar-refractivity contribution is 5.84. The minimum absolute atomic E-state index is 0.0586. The predicted octanol–water partition coefficient (Wildman–Crippen LogP) is 4.53. The molecule has 0 unspecified atom stereocenters. The van der Waals surface area contributed by atoms with Gasteiger partial charge in [-0.15, -0.1) is 0 Å². The number of nitrogens with zero attached hydrogens (tertiary/aromatic N) is 3. The summed E-state index contributed by atoms with van der Waals surface area (Å²) in [6, 6.07) is 2.89. The fraction of sp³-hybridized carbons (Fsp3) is 0.769. The normalized spacial score (nSPS) is 35.2. The van der Waals surface area contributed by atoms with Gasteiger partial charge in [-0.1, -0.05) is 6.92 Å². The molecule has 0 aromatic carbocycles. The summed E-state index contributed by atoms with van der Waals surface area (Å²) in [6.07, 6.45) is 3.57. The molecular weight excluding hydrogens is 459 g/mol. The number of amides is 1. The summed E-state index contributed by atoms with van der Waals surface area (Å²) < 4.78 is 50.7. The Kier molecular flexibility index (Phi) is 6.76. The number of methoxy groups -OCH3 is 1. The summed E-state index contributed by atoms with van der Waals surface area (Å²) in [5, 5.41) is 0. The van der Waals surface area contributed by atoms with Gasteiger partial charge >= 0.3 is 6.18 Å². The molecule has 4 fully saturated rings. The summed E-state index contributed by atoms with van der Waals surface area (Å²) >= 11 is 0. The van der Waals surface area contributed by atoms with Crippen LogP contribution in [0.2, 0.25) is 0 Å². The summed E-state index contributed by atoms with van der Waals surface area (Å²) in [6.45, 7) is 4.73. The monoisotopic (exact) mass is 495 g/mol. The molecule has 9 heteroatoms. The van der Waals surface area contributed by atoms with Gasteiger partial charge in [0.15, 0.2) is 0 Å². The van der Waals surface area contributed by atoms with Gasteiger partial charge in [0.25, 0.3) is 0 Å². The molecule has 1 saturated carbocycles. The molecule has 3 saturated heterocycles. The molecule has 0 spiro atoms. The van der Waals surface area contributed by atoms with Crippen LogP contribution in [0.1, 0.15) is 57.6 Å². The number of rotatable bonds is 6. The van der Waals surface area contributed by atoms with Gasteiger partial charge in [-0.25, -0.2) is 0 Å². The van der Waals surface area contributed by atoms with Crippen LogP contribution in [0.15, 0.2) is 18.3 Å². The lowest BCUT2D eigenvalue weighted by molar-refractivity contribution is -0.143. The number of hydrogen-bond acceptors (Lipinski definition) is 5. The van der Waals surface area contributed by atoms with Crippen LogP contribution in [-0.4, -0.2) is 67.4 Å². The zero-order chi connectivity index (χ0) is 24.8. The third-order valence-corrected chi connectivity index (χ3v) is 9.09. The van der Waals surface area contributed by atoms with Crippen LogP contribution in [-0.2, 0) is 20.4 Å². The number of alkyl halides is 3. The molecule has 1 amide bonds. The van der Waals surface area contributed by atoms with Crippen molar-refractivity contribution in [1.29, 1.82) is 0 Å². The minimum atomic E-state index is -4.46. The molecule has 194 valence electrons. The summed E-state index contributed by atoms with van der Waals surface area (Å²) in [5.74, 6) is 1.27. The quantitative estimate of drug-likeness (QED) is 0.581. The zero-order valence-electron chi connectivity index (χ0n) is 20.6. The van der Waals surface area contributed by atoms with E-state index in [1.54, 1.807) is 13.2 Å². The lowest BCUT2D eigenvalue weighted by Gasteiger charge is -2.40. The largest absolute Gasteiger partial charge is 0.433 e. The molecule has 0 radical (unpaired) electrons. The van der Waals surface area contributed by atoms with E-state index in [2.05, 4.69) is 11.9 Å². The first-order chi connectivity index (χ1) is 16.7. The van der Waals surface area contributed by atoms with E-state index in [-0.39, 0.29) is 29.5 Å². The first kappa shape index (κ1) is 24.8. The van der Waals surface area contributed by atoms with E-state index in [4.69, 9.17) is 9.47 Å². The van der Waals surface area contributed by atoms with Crippen LogP contribution in [0, 0.1) is 17.3 Å². The minimum Gasteiger partial charge on any atom is -0.379 e. The fourth-order valence-corrected chi connectivity index (χ4v) is 7.11. The second-order valence-corrected chi connectivity index (χ2v) is 10.9. The Labute approximate surface area is 205 Å². The standard InChI is InChI=1S/C26H36F3N3O3/c1-3-25(7-4-17(13-25)10-18-6-9-35-16-22(18)34-2)24(33)32-15-20-11-21(32)14-31(20)19-5-8-30-23(12-19)26(27,28)29/h5,8,12,17-18,20-22H,3-4,6-7,9-11,13-16H2,1-2H3/t17-,18+,20+,21+,22+,25-/m0/s1. The first-order valence-electron chi connectivity index (χ1n) is 13.0. The van der Waals surface area contributed by atoms with Crippen molar-refractivity contribution in [2.45, 2.75) is 76.2 Å². The van der Waals surface area contributed by atoms with Crippen LogP contribution in [0.4, 0.5) is 18.9 Å². The fourth-order valence-electron chi connectivity index (χ4n) is 7.11. The highest BCUT2D eigenvalue weighted by Gasteiger charge is 2.52. The first-order valence-corrected chi connectivity index (χ1v) is 13.0. The van der Waals surface area contributed by atoms with E-state index >= 15 is 0 Å². The number of hydrogen-bond donors (Lipinski definition) is 0. The third-order valence-electron chi connectivity index (χ3n) is 9.09. The summed E-state index contributed by atoms with van der Waals surface area (Å²) in [7, 11) is 1.75. The number of halogens is 3. The zero-order valence-corrected chi connectivity index (χ0v) is 20.6. The van der Waals surface area contributed by atoms with Crippen molar-refractivity contribution in [2.75, 3.05) is 38.3 Å². The van der Waals surface area contributed by atoms with Crippen molar-refractivity contribution in [3.63, 3.8) is 0 Å². The predicted molar refractivity (Wildman–Crippen MR) is 125 cm³/mol. The lowest BCUT2D eigenvalue weighted by Crippen LogP contribution is -2.53. The average Bonchev–Trinajstić information content (AvgIpc) is 3.58. The van der Waals surface area contributed by atoms with Crippen LogP contribution in [0.5, 0.6) is 0 Å². The van der Waals surface area contributed by atoms with Crippen LogP contribution in [0.25, 0.3) is 0 Å². The van der Waals surface area contributed by atoms with Gasteiger partial charge in [0.1, 0.15) is 5.69 Å². The smallest absolute Gasteiger partial charge is 0.379 e. The molecule has 1 aromatic heterocycles. The molecule has 1 aliphatic carbocycles. The second-order valence-electron chi connectivity index (χ2n) is 10.9. The maximum absolute atomic E-state index is 13.9. The molecular formula is C26H36F3N3O3. The molecule has 6 nitrogen and oxygen atoms in total. The molecule has 5 rings (SSSR count). The Bertz CT molecular complexity index is 929. The molecule has 3 aliphatic heterocycles. The molecule has 4 aliphatic rings. The average molecular weight is 496 g/mol. The number of pyridine rings is 1. The Morgan fingerprint density at radius 2 is 2.11 bits per heavy atom. The topological polar surface area (TPSA) is 54.9 Å². The Morgan fingerprint density at radius 1 is 1.29 bits per heavy atom. The van der Waals surface area contributed by atoms with E-state index in [9.17, 15) is 18.0 Å². The molecule has 4 heterocycles. The van der Waals surface area contributed by atoms with Crippen molar-refractivity contribution in [3.8, 4) is 0 Å². The summed E-state index contributed by atoms with van der Waals surface area (Å²) in [4.78, 5) is 21.4. The molecule has 2 bridgehead atoms. The van der Waals surface area contributed by atoms with Crippen molar-refractivity contribution >= 4 is 11.6 Å². The molecule has 35 heavy (non-hydrogen) atoms. The Balaban J connectivity index is 1.23. The van der Waals surface area contributed by atoms with E-state index in [1.165, 1.54) is 6.20 Å². The molecule has 1 aromatic rings. The number of ether oxygens (including phenoxy) is 2. The van der Waals surface area contributed by atoms with Gasteiger partial charge < -0.3 is 19.3 Å². The Morgan fingerprint density at radius 3 is 2.80 bits per heavy atom. The Hall–Kier alpha value is -1.87. The number of aromatic nitrogens is 1. The second kappa shape index (κ2) is 9.54. The molecule has 6 atom stereocenters. The number of anilines is 1. The highest BCUT2D eigenvalue weighted by Crippen LogP contribution is 2.50. The van der Waals surface area contributed by atoms with Crippen molar-refractivity contribution in [2.24, 2.45) is 17.3 Å². The maximum Gasteiger partial charge on any atom is 0.433 e. The summed E-state index contributed by atoms with van der Waals surface area (Å²) in [5.41, 5.74) is -0.636. The van der Waals surface area contributed by atoms with Crippen molar-refractivity contribution in [3.05, 3.63) is 24.0 Å². The van der Waals surface area contributed by atoms with Gasteiger partial charge in [0, 0.05) is 50.1 Å². The molecule has 0 N–H and O–H groups in total. The number of carbonyl (C=O) groups is 1. The van der Waals surface area contributed by atoms with Gasteiger partial charge in [0.05, 0.1) is 18.8 Å². The van der Waals surface area contributed by atoms with Crippen LogP contribution < -0.4 is 4.90 Å². The number of likely N-dealkylation sites (tertiary alicyclic amines) is 1. The van der Waals surface area contributed by atoms with Gasteiger partial charge in [-0.3, -0.25) is 9.78 Å². The van der Waals surface area contributed by atoms with Gasteiger partial charge in [0.2, 0.25) is 5.91 Å². The van der Waals surface area contributed by atoms with Crippen LogP contribution >= 0.6 is 0 Å². The van der Waals surface area contributed by atoms with Crippen LogP contribution in [0.3, 0.4) is 0 Å². The number of fused-ring (bicyclic) bond motifs is 2. The van der Waals surface area contributed by atoms with E-state index in [1.807, 2.05) is 9.80 Å². The highest BCUT2D eigenvalue weighted by atomic mass is 19.4. The van der Waals surface area contributed by atoms with Crippen molar-refractivity contribution < 1.29 is 27.4 Å². The van der Waals surface area contributed by atoms with Crippen molar-refractivity contribution in [1.82, 2.24) is 9.88 Å². The maximum atomic E-state index is 13.9. The van der Waals surface area contributed by atoms with E-state index < -0.39 is 11.9 Å². The number of piperazine rings is 1. The third kappa shape index (κ3) is 4.66. The SMILES string of the molecule is CC[C@]1(C(=O)N2C[C@H]3C[C@@H]2CN3c2ccnc(C(F)(F)F)c2)CC[C@@H](C[C@H]2CCOC[C@H]2OC)C1. The van der Waals surface area contributed by atoms with Gasteiger partial charge in [-0.05, 0) is 68.9 Å². The number of carbonyl (C=O) groups excluding carboxylic acids is 1. The van der Waals surface area contributed by atoms with E-state index in [0.717, 1.165) is 57.6 Å². The van der Waals surface area contributed by atoms with Gasteiger partial charge in [-0.2, -0.15) is 13.2 Å². The van der Waals surface area contributed by atoms with E-state index in [0.29, 0.717) is 37.2 Å². The lowest BCUT2D eigenvalue weighted by atomic mass is 9.79.